The molecule has 0 spiro atoms. The standard InChI is InChI=1S/C15H6Cl2F6N2O/c16-8-5-9(17)12(11-10(8)24-13(25-11)15(21,22)23)26-7-3-1-2-6(4-7)14(18,19)20/h1-5H,(H,24,25). The Hall–Kier alpha value is -2.13. The largest absolute Gasteiger partial charge is 0.454 e. The van der Waals surface area contributed by atoms with Gasteiger partial charge < -0.3 is 9.72 Å². The van der Waals surface area contributed by atoms with Crippen molar-refractivity contribution in [1.29, 1.82) is 0 Å². The molecular formula is C15H6Cl2F6N2O. The molecule has 2 aromatic carbocycles. The molecule has 11 heteroatoms. The number of nitrogens with zero attached hydrogens (tertiary/aromatic N) is 1. The quantitative estimate of drug-likeness (QED) is 0.473. The van der Waals surface area contributed by atoms with E-state index in [4.69, 9.17) is 27.9 Å². The van der Waals surface area contributed by atoms with Crippen LogP contribution in [-0.4, -0.2) is 9.97 Å². The van der Waals surface area contributed by atoms with Gasteiger partial charge in [-0.25, -0.2) is 4.98 Å². The summed E-state index contributed by atoms with van der Waals surface area (Å²) < 4.78 is 82.3. The number of fused-ring (bicyclic) bond motifs is 1. The van der Waals surface area contributed by atoms with Gasteiger partial charge in [0.25, 0.3) is 0 Å². The second kappa shape index (κ2) is 6.24. The van der Waals surface area contributed by atoms with Crippen molar-refractivity contribution in [3.8, 4) is 11.5 Å². The molecule has 0 aliphatic rings. The predicted molar refractivity (Wildman–Crippen MR) is 82.6 cm³/mol. The zero-order valence-corrected chi connectivity index (χ0v) is 13.8. The summed E-state index contributed by atoms with van der Waals surface area (Å²) in [7, 11) is 0. The number of aromatic amines is 1. The fraction of sp³-hybridized carbons (Fsp3) is 0.133. The van der Waals surface area contributed by atoms with Crippen LogP contribution >= 0.6 is 23.2 Å². The van der Waals surface area contributed by atoms with E-state index in [0.29, 0.717) is 6.07 Å². The summed E-state index contributed by atoms with van der Waals surface area (Å²) in [5.74, 6) is -1.94. The first kappa shape index (κ1) is 18.7. The highest BCUT2D eigenvalue weighted by Gasteiger charge is 2.36. The van der Waals surface area contributed by atoms with Gasteiger partial charge in [0, 0.05) is 0 Å². The molecule has 1 N–H and O–H groups in total. The second-order valence-corrected chi connectivity index (χ2v) is 5.92. The fourth-order valence-electron chi connectivity index (χ4n) is 2.16. The average molecular weight is 415 g/mol. The van der Waals surface area contributed by atoms with E-state index < -0.39 is 23.7 Å². The molecule has 0 saturated carbocycles. The Morgan fingerprint density at radius 1 is 0.923 bits per heavy atom. The summed E-state index contributed by atoms with van der Waals surface area (Å²) >= 11 is 11.8. The van der Waals surface area contributed by atoms with Gasteiger partial charge in [-0.3, -0.25) is 0 Å². The van der Waals surface area contributed by atoms with Crippen molar-refractivity contribution in [2.45, 2.75) is 12.4 Å². The van der Waals surface area contributed by atoms with E-state index in [2.05, 4.69) is 4.98 Å². The number of aromatic nitrogens is 2. The number of halogens is 8. The molecule has 0 aliphatic heterocycles. The van der Waals surface area contributed by atoms with Crippen LogP contribution in [0.2, 0.25) is 10.0 Å². The highest BCUT2D eigenvalue weighted by atomic mass is 35.5. The van der Waals surface area contributed by atoms with Crippen molar-refractivity contribution in [3.05, 3.63) is 51.8 Å². The number of rotatable bonds is 2. The molecular weight excluding hydrogens is 409 g/mol. The second-order valence-electron chi connectivity index (χ2n) is 5.10. The van der Waals surface area contributed by atoms with E-state index in [1.807, 2.05) is 4.98 Å². The van der Waals surface area contributed by atoms with Gasteiger partial charge in [-0.05, 0) is 24.3 Å². The SMILES string of the molecule is FC(F)(F)c1cccc(Oc2c(Cl)cc(Cl)c3nc(C(F)(F)F)[nH]c23)c1. The van der Waals surface area contributed by atoms with Crippen molar-refractivity contribution in [2.75, 3.05) is 0 Å². The zero-order valence-electron chi connectivity index (χ0n) is 12.3. The lowest BCUT2D eigenvalue weighted by Crippen LogP contribution is -2.06. The predicted octanol–water partition coefficient (Wildman–Crippen LogP) is 6.70. The number of nitrogens with one attached hydrogen (secondary N) is 1. The first-order chi connectivity index (χ1) is 12.0. The van der Waals surface area contributed by atoms with Crippen LogP contribution in [0, 0.1) is 0 Å². The van der Waals surface area contributed by atoms with Crippen LogP contribution in [0.4, 0.5) is 26.3 Å². The lowest BCUT2D eigenvalue weighted by molar-refractivity contribution is -0.144. The van der Waals surface area contributed by atoms with Crippen LogP contribution in [0.1, 0.15) is 11.4 Å². The molecule has 0 amide bonds. The van der Waals surface area contributed by atoms with E-state index >= 15 is 0 Å². The molecule has 1 heterocycles. The minimum Gasteiger partial charge on any atom is -0.454 e. The number of hydrogen-bond donors (Lipinski definition) is 1. The Labute approximate surface area is 151 Å². The highest BCUT2D eigenvalue weighted by molar-refractivity contribution is 6.39. The Balaban J connectivity index is 2.12. The third kappa shape index (κ3) is 3.54. The lowest BCUT2D eigenvalue weighted by Gasteiger charge is -2.12. The fourth-order valence-corrected chi connectivity index (χ4v) is 2.71. The molecule has 3 nitrogen and oxygen atoms in total. The Kier molecular flexibility index (Phi) is 4.48. The van der Waals surface area contributed by atoms with E-state index in [1.54, 1.807) is 0 Å². The summed E-state index contributed by atoms with van der Waals surface area (Å²) in [5.41, 5.74) is -1.55. The molecule has 0 bridgehead atoms. The molecule has 0 saturated heterocycles. The van der Waals surface area contributed by atoms with Gasteiger partial charge in [-0.1, -0.05) is 29.3 Å². The molecule has 0 fully saturated rings. The maximum Gasteiger partial charge on any atom is 0.449 e. The van der Waals surface area contributed by atoms with Crippen molar-refractivity contribution in [3.63, 3.8) is 0 Å². The number of H-pyrrole nitrogens is 1. The van der Waals surface area contributed by atoms with Crippen LogP contribution in [-0.2, 0) is 12.4 Å². The monoisotopic (exact) mass is 414 g/mol. The Morgan fingerprint density at radius 2 is 1.62 bits per heavy atom. The van der Waals surface area contributed by atoms with E-state index in [-0.39, 0.29) is 32.6 Å². The van der Waals surface area contributed by atoms with Crippen LogP contribution in [0.5, 0.6) is 11.5 Å². The van der Waals surface area contributed by atoms with E-state index in [9.17, 15) is 26.3 Å². The highest BCUT2D eigenvalue weighted by Crippen LogP contribution is 2.42. The summed E-state index contributed by atoms with van der Waals surface area (Å²) in [6.07, 6.45) is -9.40. The van der Waals surface area contributed by atoms with Crippen LogP contribution in [0.15, 0.2) is 30.3 Å². The van der Waals surface area contributed by atoms with E-state index in [1.165, 1.54) is 6.07 Å². The summed E-state index contributed by atoms with van der Waals surface area (Å²) in [5, 5.41) is -0.370. The minimum atomic E-state index is -4.79. The number of hydrogen-bond acceptors (Lipinski definition) is 2. The first-order valence-corrected chi connectivity index (χ1v) is 7.52. The number of alkyl halides is 6. The van der Waals surface area contributed by atoms with E-state index in [0.717, 1.165) is 18.2 Å². The van der Waals surface area contributed by atoms with Gasteiger partial charge in [-0.15, -0.1) is 0 Å². The van der Waals surface area contributed by atoms with Gasteiger partial charge >= 0.3 is 12.4 Å². The smallest absolute Gasteiger partial charge is 0.449 e. The van der Waals surface area contributed by atoms with Gasteiger partial charge in [-0.2, -0.15) is 26.3 Å². The third-order valence-corrected chi connectivity index (χ3v) is 3.85. The van der Waals surface area contributed by atoms with Gasteiger partial charge in [0.15, 0.2) is 5.75 Å². The molecule has 26 heavy (non-hydrogen) atoms. The zero-order chi connectivity index (χ0) is 19.3. The molecule has 1 aromatic heterocycles. The molecule has 3 aromatic rings. The molecule has 0 aliphatic carbocycles. The topological polar surface area (TPSA) is 37.9 Å². The third-order valence-electron chi connectivity index (χ3n) is 3.28. The summed E-state index contributed by atoms with van der Waals surface area (Å²) in [6.45, 7) is 0. The summed E-state index contributed by atoms with van der Waals surface area (Å²) in [6, 6.07) is 4.90. The maximum atomic E-state index is 12.9. The van der Waals surface area contributed by atoms with Gasteiger partial charge in [0.1, 0.15) is 16.8 Å². The van der Waals surface area contributed by atoms with Crippen molar-refractivity contribution >= 4 is 34.2 Å². The normalized spacial score (nSPS) is 12.6. The molecule has 0 radical (unpaired) electrons. The first-order valence-electron chi connectivity index (χ1n) is 6.77. The molecule has 3 rings (SSSR count). The molecule has 0 unspecified atom stereocenters. The van der Waals surface area contributed by atoms with Crippen molar-refractivity contribution in [2.24, 2.45) is 0 Å². The number of imidazole rings is 1. The molecule has 0 atom stereocenters. The average Bonchev–Trinajstić information content (AvgIpc) is 2.97. The lowest BCUT2D eigenvalue weighted by atomic mass is 10.2. The minimum absolute atomic E-state index is 0.173. The van der Waals surface area contributed by atoms with Crippen LogP contribution < -0.4 is 4.74 Å². The van der Waals surface area contributed by atoms with Gasteiger partial charge in [0.05, 0.1) is 15.6 Å². The van der Waals surface area contributed by atoms with Crippen molar-refractivity contribution < 1.29 is 31.1 Å². The van der Waals surface area contributed by atoms with Gasteiger partial charge in [0.2, 0.25) is 5.82 Å². The number of ether oxygens (including phenoxy) is 1. The summed E-state index contributed by atoms with van der Waals surface area (Å²) in [4.78, 5) is 5.35. The van der Waals surface area contributed by atoms with Crippen LogP contribution in [0.3, 0.4) is 0 Å². The van der Waals surface area contributed by atoms with Crippen LogP contribution in [0.25, 0.3) is 11.0 Å². The Bertz CT molecular complexity index is 981. The Morgan fingerprint density at radius 3 is 2.23 bits per heavy atom. The van der Waals surface area contributed by atoms with Crippen molar-refractivity contribution in [1.82, 2.24) is 9.97 Å². The maximum absolute atomic E-state index is 12.9. The number of benzene rings is 2. The molecule has 138 valence electrons.